The van der Waals surface area contributed by atoms with Gasteiger partial charge in [0.15, 0.2) is 0 Å². The second kappa shape index (κ2) is 10.5. The second-order valence-electron chi connectivity index (χ2n) is 2.39. The van der Waals surface area contributed by atoms with Gasteiger partial charge in [0.25, 0.3) is 0 Å². The summed E-state index contributed by atoms with van der Waals surface area (Å²) in [4.78, 5) is 0. The van der Waals surface area contributed by atoms with Gasteiger partial charge in [-0.1, -0.05) is 27.7 Å². The first-order valence-corrected chi connectivity index (χ1v) is 4.39. The fraction of sp³-hybridized carbons (Fsp3) is 0.778. The summed E-state index contributed by atoms with van der Waals surface area (Å²) in [6.07, 6.45) is 0. The highest BCUT2D eigenvalue weighted by molar-refractivity contribution is 4.64. The molecule has 0 aliphatic carbocycles. The van der Waals surface area contributed by atoms with Crippen molar-refractivity contribution in [3.8, 4) is 0 Å². The number of allylic oxidation sites excluding steroid dienone is 1. The molecule has 74 valence electrons. The van der Waals surface area contributed by atoms with Crippen molar-refractivity contribution in [3.05, 3.63) is 12.3 Å². The summed E-state index contributed by atoms with van der Waals surface area (Å²) in [6, 6.07) is 0. The molecule has 0 spiro atoms. The molecule has 0 aliphatic heterocycles. The Bertz CT molecular complexity index is 96.7. The molecule has 3 heteroatoms. The van der Waals surface area contributed by atoms with Gasteiger partial charge in [0.05, 0.1) is 0 Å². The van der Waals surface area contributed by atoms with Gasteiger partial charge in [-0.05, 0) is 0 Å². The van der Waals surface area contributed by atoms with Crippen LogP contribution < -0.4 is 10.5 Å². The lowest BCUT2D eigenvalue weighted by Gasteiger charge is -2.17. The lowest BCUT2D eigenvalue weighted by atomic mass is 10.6. The Morgan fingerprint density at radius 1 is 1.33 bits per heavy atom. The molecule has 3 nitrogen and oxygen atoms in total. The van der Waals surface area contributed by atoms with Gasteiger partial charge in [-0.2, -0.15) is 0 Å². The zero-order valence-corrected chi connectivity index (χ0v) is 8.68. The Morgan fingerprint density at radius 2 is 1.67 bits per heavy atom. The van der Waals surface area contributed by atoms with E-state index in [2.05, 4.69) is 37.8 Å². The van der Waals surface area contributed by atoms with Crippen molar-refractivity contribution in [1.82, 2.24) is 10.4 Å². The van der Waals surface area contributed by atoms with Crippen LogP contribution in [0, 0.1) is 0 Å². The van der Waals surface area contributed by atoms with Gasteiger partial charge >= 0.3 is 0 Å². The van der Waals surface area contributed by atoms with Crippen LogP contribution in [0.3, 0.4) is 0 Å². The highest BCUT2D eigenvalue weighted by atomic mass is 16.3. The molecule has 0 fully saturated rings. The van der Waals surface area contributed by atoms with Crippen molar-refractivity contribution < 1.29 is 5.11 Å². The van der Waals surface area contributed by atoms with E-state index in [1.807, 2.05) is 0 Å². The van der Waals surface area contributed by atoms with Crippen molar-refractivity contribution >= 4 is 0 Å². The van der Waals surface area contributed by atoms with Crippen LogP contribution in [0.1, 0.15) is 27.7 Å². The monoisotopic (exact) mass is 173 g/mol. The van der Waals surface area contributed by atoms with Gasteiger partial charge in [-0.3, -0.25) is 5.43 Å². The summed E-state index contributed by atoms with van der Waals surface area (Å²) in [7, 11) is 0. The maximum Gasteiger partial charge on any atom is 0.0102 e. The van der Waals surface area contributed by atoms with Crippen molar-refractivity contribution in [2.75, 3.05) is 19.6 Å². The number of nitrogens with zero attached hydrogens (tertiary/aromatic N) is 1. The maximum atomic E-state index is 9.33. The fourth-order valence-electron chi connectivity index (χ4n) is 0.671. The highest BCUT2D eigenvalue weighted by Gasteiger charge is 1.91. The number of hydrogen-bond acceptors (Lipinski definition) is 3. The molecule has 0 saturated carbocycles. The van der Waals surface area contributed by atoms with Crippen molar-refractivity contribution in [2.45, 2.75) is 27.7 Å². The molecule has 1 N–H and O–H groups in total. The average Bonchev–Trinajstić information content (AvgIpc) is 1.99. The van der Waals surface area contributed by atoms with Gasteiger partial charge in [0.1, 0.15) is 0 Å². The minimum Gasteiger partial charge on any atom is -0.876 e. The first kappa shape index (κ1) is 14.0. The lowest BCUT2D eigenvalue weighted by molar-refractivity contribution is -0.300. The van der Waals surface area contributed by atoms with E-state index in [1.165, 1.54) is 6.92 Å². The third-order valence-electron chi connectivity index (χ3n) is 1.15. The van der Waals surface area contributed by atoms with E-state index in [0.717, 1.165) is 19.6 Å². The Hall–Kier alpha value is -0.540. The third-order valence-corrected chi connectivity index (χ3v) is 1.15. The van der Waals surface area contributed by atoms with Gasteiger partial charge in [-0.15, -0.1) is 12.3 Å². The molecule has 0 atom stereocenters. The van der Waals surface area contributed by atoms with Crippen LogP contribution >= 0.6 is 0 Å². The minimum atomic E-state index is -0.0833. The van der Waals surface area contributed by atoms with E-state index < -0.39 is 0 Å². The lowest BCUT2D eigenvalue weighted by Crippen LogP contribution is -2.37. The van der Waals surface area contributed by atoms with Gasteiger partial charge < -0.3 is 5.11 Å². The van der Waals surface area contributed by atoms with Crippen LogP contribution in [-0.2, 0) is 0 Å². The molecule has 0 heterocycles. The van der Waals surface area contributed by atoms with E-state index in [0.29, 0.717) is 0 Å². The van der Waals surface area contributed by atoms with E-state index in [4.69, 9.17) is 0 Å². The summed E-state index contributed by atoms with van der Waals surface area (Å²) in [5.74, 6) is -0.0833. The Morgan fingerprint density at radius 3 is 1.75 bits per heavy atom. The van der Waals surface area contributed by atoms with Crippen molar-refractivity contribution in [1.29, 1.82) is 0 Å². The predicted octanol–water partition coefficient (Wildman–Crippen LogP) is 0.733. The number of hydrazine groups is 1. The Kier molecular flexibility index (Phi) is 12.2. The Labute approximate surface area is 76.0 Å². The second-order valence-corrected chi connectivity index (χ2v) is 2.39. The molecule has 0 saturated heterocycles. The standard InChI is InChI=1S/C6H16N2.C3H6O/c1-4-7-8(5-2)6-3;1-3(2)4/h7H,4-6H2,1-3H3;4H,1H2,2H3/p-1. The number of nitrogens with one attached hydrogen (secondary N) is 1. The SMILES string of the molecule is C=C(C)[O-].CCNN(CC)CC. The molecular formula is C9H21N2O-. The van der Waals surface area contributed by atoms with Crippen LogP contribution in [0.5, 0.6) is 0 Å². The molecular weight excluding hydrogens is 152 g/mol. The first-order chi connectivity index (χ1) is 5.58. The molecule has 0 aromatic rings. The normalized spacial score (nSPS) is 9.08. The number of hydrogen-bond donors (Lipinski definition) is 1. The third kappa shape index (κ3) is 16.2. The van der Waals surface area contributed by atoms with Gasteiger partial charge in [0.2, 0.25) is 0 Å². The molecule has 0 bridgehead atoms. The minimum absolute atomic E-state index is 0.0833. The summed E-state index contributed by atoms with van der Waals surface area (Å²) in [6.45, 7) is 14.0. The summed E-state index contributed by atoms with van der Waals surface area (Å²) in [5.41, 5.74) is 3.22. The molecule has 0 radical (unpaired) electrons. The molecule has 0 unspecified atom stereocenters. The van der Waals surface area contributed by atoms with Crippen LogP contribution in [0.2, 0.25) is 0 Å². The van der Waals surface area contributed by atoms with E-state index in [9.17, 15) is 5.11 Å². The summed E-state index contributed by atoms with van der Waals surface area (Å²) >= 11 is 0. The van der Waals surface area contributed by atoms with E-state index >= 15 is 0 Å². The quantitative estimate of drug-likeness (QED) is 0.503. The smallest absolute Gasteiger partial charge is 0.0102 e. The van der Waals surface area contributed by atoms with E-state index in [-0.39, 0.29) is 5.76 Å². The highest BCUT2D eigenvalue weighted by Crippen LogP contribution is 1.76. The zero-order chi connectivity index (χ0) is 9.98. The summed E-state index contributed by atoms with van der Waals surface area (Å²) in [5, 5.41) is 11.5. The molecule has 0 aromatic carbocycles. The number of rotatable bonds is 4. The van der Waals surface area contributed by atoms with Crippen LogP contribution in [-0.4, -0.2) is 24.6 Å². The largest absolute Gasteiger partial charge is 0.876 e. The molecule has 0 aliphatic rings. The predicted molar refractivity (Wildman–Crippen MR) is 51.4 cm³/mol. The topological polar surface area (TPSA) is 38.3 Å². The zero-order valence-electron chi connectivity index (χ0n) is 8.68. The van der Waals surface area contributed by atoms with Crippen molar-refractivity contribution in [3.63, 3.8) is 0 Å². The van der Waals surface area contributed by atoms with Gasteiger partial charge in [0, 0.05) is 19.6 Å². The van der Waals surface area contributed by atoms with Gasteiger partial charge in [-0.25, -0.2) is 5.01 Å². The first-order valence-electron chi connectivity index (χ1n) is 4.39. The molecule has 0 amide bonds. The van der Waals surface area contributed by atoms with E-state index in [1.54, 1.807) is 0 Å². The van der Waals surface area contributed by atoms with Crippen LogP contribution in [0.25, 0.3) is 0 Å². The summed E-state index contributed by atoms with van der Waals surface area (Å²) < 4.78 is 0. The van der Waals surface area contributed by atoms with Crippen molar-refractivity contribution in [2.24, 2.45) is 0 Å². The Balaban J connectivity index is 0. The molecule has 0 rings (SSSR count). The van der Waals surface area contributed by atoms with Crippen LogP contribution in [0.4, 0.5) is 0 Å². The average molecular weight is 173 g/mol. The molecule has 12 heavy (non-hydrogen) atoms. The maximum absolute atomic E-state index is 9.33. The fourth-order valence-corrected chi connectivity index (χ4v) is 0.671. The molecule has 0 aromatic heterocycles. The van der Waals surface area contributed by atoms with Crippen LogP contribution in [0.15, 0.2) is 12.3 Å².